The van der Waals surface area contributed by atoms with Crippen molar-refractivity contribution in [2.24, 2.45) is 5.92 Å². The molecule has 3 saturated heterocycles. The van der Waals surface area contributed by atoms with E-state index in [1.165, 1.54) is 0 Å². The summed E-state index contributed by atoms with van der Waals surface area (Å²) in [4.78, 5) is 3.95. The van der Waals surface area contributed by atoms with Crippen LogP contribution in [-0.2, 0) is 0 Å². The van der Waals surface area contributed by atoms with Crippen molar-refractivity contribution in [1.29, 1.82) is 10.7 Å². The molecule has 0 aliphatic carbocycles. The molecular formula is C18H23ClN4O. The molecule has 0 spiro atoms. The highest BCUT2D eigenvalue weighted by Gasteiger charge is 2.42. The number of rotatable bonds is 4. The zero-order chi connectivity index (χ0) is 17.3. The van der Waals surface area contributed by atoms with E-state index < -0.39 is 5.60 Å². The average Bonchev–Trinajstić information content (AvgIpc) is 2.58. The van der Waals surface area contributed by atoms with Gasteiger partial charge in [0.25, 0.3) is 0 Å². The van der Waals surface area contributed by atoms with Crippen LogP contribution in [0.2, 0.25) is 5.02 Å². The predicted octanol–water partition coefficient (Wildman–Crippen LogP) is 3.35. The molecule has 1 atom stereocenters. The molecule has 0 radical (unpaired) electrons. The van der Waals surface area contributed by atoms with Crippen LogP contribution in [0, 0.1) is 22.8 Å². The first-order valence-corrected chi connectivity index (χ1v) is 8.73. The monoisotopic (exact) mass is 346 g/mol. The number of piperidine rings is 3. The zero-order valence-corrected chi connectivity index (χ0v) is 14.9. The second-order valence-corrected chi connectivity index (χ2v) is 7.53. The highest BCUT2D eigenvalue weighted by Crippen LogP contribution is 2.32. The van der Waals surface area contributed by atoms with Gasteiger partial charge in [-0.2, -0.15) is 5.26 Å². The zero-order valence-electron chi connectivity index (χ0n) is 14.1. The van der Waals surface area contributed by atoms with Crippen LogP contribution in [0.3, 0.4) is 0 Å². The topological polar surface area (TPSA) is 63.4 Å². The van der Waals surface area contributed by atoms with Crippen molar-refractivity contribution in [2.45, 2.75) is 38.3 Å². The molecule has 2 bridgehead atoms. The first kappa shape index (κ1) is 17.1. The molecule has 3 heterocycles. The molecule has 1 N–H and O–H groups in total. The summed E-state index contributed by atoms with van der Waals surface area (Å²) >= 11 is 5.90. The van der Waals surface area contributed by atoms with Crippen molar-refractivity contribution >= 4 is 17.4 Å². The van der Waals surface area contributed by atoms with E-state index in [4.69, 9.17) is 21.7 Å². The third-order valence-electron chi connectivity index (χ3n) is 5.06. The van der Waals surface area contributed by atoms with Crippen molar-refractivity contribution in [3.8, 4) is 11.9 Å². The van der Waals surface area contributed by atoms with Gasteiger partial charge < -0.3 is 9.64 Å². The third kappa shape index (κ3) is 3.35. The van der Waals surface area contributed by atoms with Gasteiger partial charge in [0, 0.05) is 11.6 Å². The van der Waals surface area contributed by atoms with Crippen LogP contribution >= 0.6 is 11.6 Å². The predicted molar refractivity (Wildman–Crippen MR) is 94.3 cm³/mol. The van der Waals surface area contributed by atoms with Gasteiger partial charge in [-0.15, -0.1) is 0 Å². The van der Waals surface area contributed by atoms with E-state index in [1.807, 2.05) is 13.8 Å². The minimum absolute atomic E-state index is 0.0816. The van der Waals surface area contributed by atoms with E-state index in [0.29, 0.717) is 16.7 Å². The van der Waals surface area contributed by atoms with Crippen LogP contribution < -0.4 is 4.74 Å². The molecular weight excluding hydrogens is 324 g/mol. The van der Waals surface area contributed by atoms with E-state index >= 15 is 0 Å². The summed E-state index contributed by atoms with van der Waals surface area (Å²) in [5, 5.41) is 18.9. The summed E-state index contributed by atoms with van der Waals surface area (Å²) in [5.74, 6) is 1.33. The molecule has 1 aromatic rings. The number of nitrogens with one attached hydrogen (secondary N) is 1. The Bertz CT molecular complexity index is 644. The Morgan fingerprint density at radius 1 is 1.33 bits per heavy atom. The standard InChI is InChI=1S/C18H23ClN4O/c1-18(2,24-15-5-3-14(19)4-6-15)17(21)23(12-20)16-11-22-9-7-13(16)8-10-22/h3-6,13,16,21H,7-11H2,1-2H3. The Morgan fingerprint density at radius 2 is 1.96 bits per heavy atom. The van der Waals surface area contributed by atoms with Gasteiger partial charge in [0.2, 0.25) is 0 Å². The lowest BCUT2D eigenvalue weighted by atomic mass is 9.82. The fraction of sp³-hybridized carbons (Fsp3) is 0.556. The van der Waals surface area contributed by atoms with Crippen LogP contribution in [0.4, 0.5) is 0 Å². The molecule has 3 aliphatic heterocycles. The minimum Gasteiger partial charge on any atom is -0.480 e. The fourth-order valence-electron chi connectivity index (χ4n) is 3.65. The van der Waals surface area contributed by atoms with Crippen molar-refractivity contribution in [3.05, 3.63) is 29.3 Å². The van der Waals surface area contributed by atoms with Crippen molar-refractivity contribution in [1.82, 2.24) is 9.80 Å². The SMILES string of the molecule is CC(C)(Oc1ccc(Cl)cc1)C(=N)N(C#N)C1CN2CCC1CC2. The summed E-state index contributed by atoms with van der Waals surface area (Å²) in [6.07, 6.45) is 4.45. The van der Waals surface area contributed by atoms with Crippen LogP contribution in [0.1, 0.15) is 26.7 Å². The highest BCUT2D eigenvalue weighted by molar-refractivity contribution is 6.30. The van der Waals surface area contributed by atoms with Crippen LogP contribution in [0.15, 0.2) is 24.3 Å². The second-order valence-electron chi connectivity index (χ2n) is 7.09. The van der Waals surface area contributed by atoms with Crippen LogP contribution in [0.25, 0.3) is 0 Å². The van der Waals surface area contributed by atoms with Crippen molar-refractivity contribution in [3.63, 3.8) is 0 Å². The number of halogens is 1. The number of ether oxygens (including phenoxy) is 1. The first-order valence-electron chi connectivity index (χ1n) is 8.35. The largest absolute Gasteiger partial charge is 0.480 e. The highest BCUT2D eigenvalue weighted by atomic mass is 35.5. The molecule has 4 rings (SSSR count). The lowest BCUT2D eigenvalue weighted by Crippen LogP contribution is -2.60. The van der Waals surface area contributed by atoms with Gasteiger partial charge in [0.1, 0.15) is 5.75 Å². The van der Waals surface area contributed by atoms with Crippen LogP contribution in [0.5, 0.6) is 5.75 Å². The Morgan fingerprint density at radius 3 is 2.46 bits per heavy atom. The Hall–Kier alpha value is -1.77. The number of hydrogen-bond acceptors (Lipinski definition) is 4. The second kappa shape index (κ2) is 6.62. The Labute approximate surface area is 148 Å². The van der Waals surface area contributed by atoms with Gasteiger partial charge in [-0.25, -0.2) is 0 Å². The normalized spacial score (nSPS) is 25.8. The first-order chi connectivity index (χ1) is 11.4. The molecule has 3 fully saturated rings. The number of fused-ring (bicyclic) bond motifs is 3. The molecule has 128 valence electrons. The number of benzene rings is 1. The van der Waals surface area contributed by atoms with Crippen molar-refractivity contribution < 1.29 is 4.74 Å². The maximum Gasteiger partial charge on any atom is 0.185 e. The quantitative estimate of drug-likeness (QED) is 0.393. The van der Waals surface area contributed by atoms with Gasteiger partial charge in [0.15, 0.2) is 17.6 Å². The van der Waals surface area contributed by atoms with E-state index in [-0.39, 0.29) is 11.9 Å². The molecule has 0 saturated carbocycles. The minimum atomic E-state index is -0.893. The van der Waals surface area contributed by atoms with Gasteiger partial charge in [-0.3, -0.25) is 10.3 Å². The third-order valence-corrected chi connectivity index (χ3v) is 5.31. The summed E-state index contributed by atoms with van der Waals surface area (Å²) in [6.45, 7) is 6.74. The van der Waals surface area contributed by atoms with E-state index in [2.05, 4.69) is 11.1 Å². The lowest BCUT2D eigenvalue weighted by molar-refractivity contribution is 0.0435. The van der Waals surface area contributed by atoms with E-state index in [1.54, 1.807) is 29.2 Å². The van der Waals surface area contributed by atoms with E-state index in [9.17, 15) is 5.26 Å². The Balaban J connectivity index is 1.75. The summed E-state index contributed by atoms with van der Waals surface area (Å²) in [5.41, 5.74) is -0.893. The summed E-state index contributed by atoms with van der Waals surface area (Å²) in [6, 6.07) is 7.15. The van der Waals surface area contributed by atoms with Gasteiger partial charge in [-0.1, -0.05) is 11.6 Å². The molecule has 6 heteroatoms. The maximum atomic E-state index is 9.69. The molecule has 0 amide bonds. The molecule has 3 aliphatic rings. The lowest BCUT2D eigenvalue weighted by Gasteiger charge is -2.48. The summed E-state index contributed by atoms with van der Waals surface area (Å²) in [7, 11) is 0. The number of nitrogens with zero attached hydrogens (tertiary/aromatic N) is 3. The van der Waals surface area contributed by atoms with Crippen LogP contribution in [-0.4, -0.2) is 46.9 Å². The van der Waals surface area contributed by atoms with Crippen molar-refractivity contribution in [2.75, 3.05) is 19.6 Å². The molecule has 5 nitrogen and oxygen atoms in total. The van der Waals surface area contributed by atoms with E-state index in [0.717, 1.165) is 32.5 Å². The number of hydrogen-bond donors (Lipinski definition) is 1. The summed E-state index contributed by atoms with van der Waals surface area (Å²) < 4.78 is 5.98. The Kier molecular flexibility index (Phi) is 4.71. The maximum absolute atomic E-state index is 9.69. The number of amidine groups is 1. The molecule has 0 aromatic heterocycles. The van der Waals surface area contributed by atoms with Gasteiger partial charge in [0.05, 0.1) is 6.04 Å². The smallest absolute Gasteiger partial charge is 0.185 e. The molecule has 1 unspecified atom stereocenters. The average molecular weight is 347 g/mol. The number of nitriles is 1. The van der Waals surface area contributed by atoms with Gasteiger partial charge >= 0.3 is 0 Å². The fourth-order valence-corrected chi connectivity index (χ4v) is 3.78. The molecule has 1 aromatic carbocycles. The van der Waals surface area contributed by atoms with Gasteiger partial charge in [-0.05, 0) is 70.0 Å². The molecule has 24 heavy (non-hydrogen) atoms.